The van der Waals surface area contributed by atoms with Crippen LogP contribution in [0.15, 0.2) is 24.3 Å². The molecule has 0 heterocycles. The maximum Gasteiger partial charge on any atom is 0.221 e. The molecule has 0 aliphatic carbocycles. The topological polar surface area (TPSA) is 58.4 Å². The van der Waals surface area contributed by atoms with Crippen LogP contribution >= 0.6 is 24.8 Å². The van der Waals surface area contributed by atoms with Gasteiger partial charge in [-0.1, -0.05) is 24.3 Å². The molecule has 6 heteroatoms. The van der Waals surface area contributed by atoms with Gasteiger partial charge in [-0.2, -0.15) is 0 Å². The van der Waals surface area contributed by atoms with Gasteiger partial charge >= 0.3 is 0 Å². The minimum atomic E-state index is 0. The molecule has 0 atom stereocenters. The number of nitrogens with one attached hydrogen (secondary N) is 1. The van der Waals surface area contributed by atoms with E-state index in [9.17, 15) is 4.79 Å². The zero-order chi connectivity index (χ0) is 14.3. The van der Waals surface area contributed by atoms with Crippen molar-refractivity contribution >= 4 is 30.7 Å². The summed E-state index contributed by atoms with van der Waals surface area (Å²) in [7, 11) is 2.11. The molecule has 1 aromatic rings. The number of benzene rings is 1. The van der Waals surface area contributed by atoms with Crippen LogP contribution in [-0.4, -0.2) is 30.4 Å². The van der Waals surface area contributed by atoms with E-state index in [1.165, 1.54) is 5.56 Å². The normalized spacial score (nSPS) is 10.0. The smallest absolute Gasteiger partial charge is 0.221 e. The summed E-state index contributed by atoms with van der Waals surface area (Å²) in [5, 5.41) is 2.87. The summed E-state index contributed by atoms with van der Waals surface area (Å²) in [5.41, 5.74) is 7.73. The van der Waals surface area contributed by atoms with Gasteiger partial charge in [-0.15, -0.1) is 24.8 Å². The lowest BCUT2D eigenvalue weighted by atomic mass is 10.1. The molecule has 3 N–H and O–H groups in total. The first-order chi connectivity index (χ1) is 9.02. The van der Waals surface area contributed by atoms with E-state index in [1.54, 1.807) is 0 Å². The second-order valence-corrected chi connectivity index (χ2v) is 5.14. The maximum absolute atomic E-state index is 11.4. The van der Waals surface area contributed by atoms with Crippen molar-refractivity contribution < 1.29 is 4.79 Å². The molecular formula is C15H27Cl2N3O. The van der Waals surface area contributed by atoms with E-state index < -0.39 is 0 Å². The van der Waals surface area contributed by atoms with Gasteiger partial charge in [0.05, 0.1) is 0 Å². The zero-order valence-corrected chi connectivity index (χ0v) is 14.6. The SMILES string of the molecule is CC(C)N(C)Cc1cccc(CNC(=O)CCN)c1.Cl.Cl. The lowest BCUT2D eigenvalue weighted by molar-refractivity contribution is -0.121. The Morgan fingerprint density at radius 1 is 1.29 bits per heavy atom. The van der Waals surface area contributed by atoms with E-state index in [-0.39, 0.29) is 30.7 Å². The quantitative estimate of drug-likeness (QED) is 0.803. The van der Waals surface area contributed by atoms with Crippen LogP contribution in [0, 0.1) is 0 Å². The Kier molecular flexibility index (Phi) is 12.6. The minimum Gasteiger partial charge on any atom is -0.352 e. The van der Waals surface area contributed by atoms with Crippen LogP contribution in [0.3, 0.4) is 0 Å². The molecule has 0 fully saturated rings. The summed E-state index contributed by atoms with van der Waals surface area (Å²) >= 11 is 0. The summed E-state index contributed by atoms with van der Waals surface area (Å²) in [5.74, 6) is 0.00667. The van der Waals surface area contributed by atoms with E-state index >= 15 is 0 Å². The first-order valence-electron chi connectivity index (χ1n) is 6.77. The van der Waals surface area contributed by atoms with E-state index in [2.05, 4.69) is 43.2 Å². The van der Waals surface area contributed by atoms with E-state index in [1.807, 2.05) is 12.1 Å². The van der Waals surface area contributed by atoms with Gasteiger partial charge in [-0.3, -0.25) is 9.69 Å². The number of carbonyl (C=O) groups excluding carboxylic acids is 1. The van der Waals surface area contributed by atoms with Crippen molar-refractivity contribution in [3.8, 4) is 0 Å². The van der Waals surface area contributed by atoms with Crippen molar-refractivity contribution in [2.24, 2.45) is 5.73 Å². The highest BCUT2D eigenvalue weighted by molar-refractivity contribution is 5.85. The predicted octanol–water partition coefficient (Wildman–Crippen LogP) is 2.34. The van der Waals surface area contributed by atoms with Crippen LogP contribution in [0.5, 0.6) is 0 Å². The van der Waals surface area contributed by atoms with Gasteiger partial charge in [0, 0.05) is 32.1 Å². The third kappa shape index (κ3) is 8.94. The highest BCUT2D eigenvalue weighted by atomic mass is 35.5. The molecule has 122 valence electrons. The second-order valence-electron chi connectivity index (χ2n) is 5.14. The molecule has 0 radical (unpaired) electrons. The minimum absolute atomic E-state index is 0. The van der Waals surface area contributed by atoms with Crippen LogP contribution in [0.1, 0.15) is 31.4 Å². The van der Waals surface area contributed by atoms with Crippen LogP contribution in [0.4, 0.5) is 0 Å². The monoisotopic (exact) mass is 335 g/mol. The van der Waals surface area contributed by atoms with Crippen LogP contribution in [0.2, 0.25) is 0 Å². The average molecular weight is 336 g/mol. The molecule has 0 unspecified atom stereocenters. The second kappa shape index (κ2) is 11.8. The molecule has 0 spiro atoms. The predicted molar refractivity (Wildman–Crippen MR) is 93.1 cm³/mol. The molecular weight excluding hydrogens is 309 g/mol. The van der Waals surface area contributed by atoms with E-state index in [0.29, 0.717) is 25.6 Å². The summed E-state index contributed by atoms with van der Waals surface area (Å²) in [6.45, 7) is 6.24. The van der Waals surface area contributed by atoms with Crippen molar-refractivity contribution in [1.82, 2.24) is 10.2 Å². The number of halogens is 2. The third-order valence-electron chi connectivity index (χ3n) is 3.17. The summed E-state index contributed by atoms with van der Waals surface area (Å²) in [6, 6.07) is 8.84. The third-order valence-corrected chi connectivity index (χ3v) is 3.17. The highest BCUT2D eigenvalue weighted by Crippen LogP contribution is 2.09. The van der Waals surface area contributed by atoms with E-state index in [4.69, 9.17) is 5.73 Å². The largest absolute Gasteiger partial charge is 0.352 e. The number of hydrogen-bond acceptors (Lipinski definition) is 3. The molecule has 1 rings (SSSR count). The van der Waals surface area contributed by atoms with Gasteiger partial charge in [-0.25, -0.2) is 0 Å². The number of nitrogens with zero attached hydrogens (tertiary/aromatic N) is 1. The van der Waals surface area contributed by atoms with Crippen LogP contribution in [0.25, 0.3) is 0 Å². The van der Waals surface area contributed by atoms with Crippen molar-refractivity contribution in [2.75, 3.05) is 13.6 Å². The molecule has 21 heavy (non-hydrogen) atoms. The van der Waals surface area contributed by atoms with Crippen molar-refractivity contribution in [1.29, 1.82) is 0 Å². The maximum atomic E-state index is 11.4. The van der Waals surface area contributed by atoms with E-state index in [0.717, 1.165) is 12.1 Å². The number of rotatable bonds is 7. The van der Waals surface area contributed by atoms with Gasteiger partial charge in [0.2, 0.25) is 5.91 Å². The zero-order valence-electron chi connectivity index (χ0n) is 13.0. The molecule has 1 amide bonds. The molecule has 0 aliphatic rings. The van der Waals surface area contributed by atoms with Gasteiger partial charge in [0.1, 0.15) is 0 Å². The molecule has 1 aromatic carbocycles. The average Bonchev–Trinajstić information content (AvgIpc) is 2.37. The number of nitrogens with two attached hydrogens (primary N) is 1. The van der Waals surface area contributed by atoms with Gasteiger partial charge < -0.3 is 11.1 Å². The Balaban J connectivity index is 0. The fourth-order valence-electron chi connectivity index (χ4n) is 1.73. The molecule has 4 nitrogen and oxygen atoms in total. The number of carbonyl (C=O) groups is 1. The molecule has 0 aromatic heterocycles. The summed E-state index contributed by atoms with van der Waals surface area (Å²) in [6.07, 6.45) is 0.385. The number of hydrogen-bond donors (Lipinski definition) is 2. The van der Waals surface area contributed by atoms with Crippen LogP contribution in [-0.2, 0) is 17.9 Å². The standard InChI is InChI=1S/C15H25N3O.2ClH/c1-12(2)18(3)11-14-6-4-5-13(9-14)10-17-15(19)7-8-16;;/h4-6,9,12H,7-8,10-11,16H2,1-3H3,(H,17,19);2*1H. The Morgan fingerprint density at radius 2 is 1.90 bits per heavy atom. The van der Waals surface area contributed by atoms with Crippen molar-refractivity contribution in [3.05, 3.63) is 35.4 Å². The van der Waals surface area contributed by atoms with Crippen molar-refractivity contribution in [2.45, 2.75) is 39.4 Å². The fraction of sp³-hybridized carbons (Fsp3) is 0.533. The van der Waals surface area contributed by atoms with Crippen molar-refractivity contribution in [3.63, 3.8) is 0 Å². The van der Waals surface area contributed by atoms with Gasteiger partial charge in [-0.05, 0) is 32.0 Å². The molecule has 0 saturated heterocycles. The Labute approximate surface area is 140 Å². The van der Waals surface area contributed by atoms with Crippen LogP contribution < -0.4 is 11.1 Å². The van der Waals surface area contributed by atoms with Gasteiger partial charge in [0.15, 0.2) is 0 Å². The highest BCUT2D eigenvalue weighted by Gasteiger charge is 2.05. The Bertz CT molecular complexity index is 414. The summed E-state index contributed by atoms with van der Waals surface area (Å²) in [4.78, 5) is 13.7. The molecule has 0 saturated carbocycles. The lowest BCUT2D eigenvalue weighted by Gasteiger charge is -2.21. The van der Waals surface area contributed by atoms with Gasteiger partial charge in [0.25, 0.3) is 0 Å². The molecule has 0 aliphatic heterocycles. The molecule has 0 bridgehead atoms. The Morgan fingerprint density at radius 3 is 2.48 bits per heavy atom. The number of amides is 1. The first kappa shape index (κ1) is 22.5. The lowest BCUT2D eigenvalue weighted by Crippen LogP contribution is -2.26. The first-order valence-corrected chi connectivity index (χ1v) is 6.77. The fourth-order valence-corrected chi connectivity index (χ4v) is 1.73. The summed E-state index contributed by atoms with van der Waals surface area (Å²) < 4.78 is 0. The Hall–Kier alpha value is -0.810.